The molecule has 102 valence electrons. The van der Waals surface area contributed by atoms with Crippen molar-refractivity contribution >= 4 is 17.5 Å². The van der Waals surface area contributed by atoms with Crippen LogP contribution < -0.4 is 0 Å². The SMILES string of the molecule is CCOC(=O)CCC(C(C)=O)C(=O)c1ccccc1. The van der Waals surface area contributed by atoms with E-state index >= 15 is 0 Å². The lowest BCUT2D eigenvalue weighted by atomic mass is 9.90. The van der Waals surface area contributed by atoms with Crippen LogP contribution in [0.5, 0.6) is 0 Å². The predicted octanol–water partition coefficient (Wildman–Crippen LogP) is 2.42. The van der Waals surface area contributed by atoms with Gasteiger partial charge in [0, 0.05) is 12.0 Å². The van der Waals surface area contributed by atoms with Gasteiger partial charge in [-0.25, -0.2) is 0 Å². The molecule has 4 nitrogen and oxygen atoms in total. The summed E-state index contributed by atoms with van der Waals surface area (Å²) >= 11 is 0. The molecule has 0 bridgehead atoms. The van der Waals surface area contributed by atoms with Crippen molar-refractivity contribution in [1.82, 2.24) is 0 Å². The summed E-state index contributed by atoms with van der Waals surface area (Å²) in [5, 5.41) is 0. The molecule has 0 aliphatic heterocycles. The second kappa shape index (κ2) is 7.46. The molecule has 0 heterocycles. The number of ketones is 2. The number of benzene rings is 1. The first-order chi connectivity index (χ1) is 9.06. The van der Waals surface area contributed by atoms with E-state index in [1.54, 1.807) is 37.3 Å². The average Bonchev–Trinajstić information content (AvgIpc) is 2.39. The summed E-state index contributed by atoms with van der Waals surface area (Å²) in [6.07, 6.45) is 0.276. The molecule has 0 spiro atoms. The summed E-state index contributed by atoms with van der Waals surface area (Å²) in [4.78, 5) is 35.0. The number of Topliss-reactive ketones (excluding diaryl/α,β-unsaturated/α-hetero) is 2. The molecule has 0 aliphatic rings. The lowest BCUT2D eigenvalue weighted by molar-refractivity contribution is -0.143. The zero-order chi connectivity index (χ0) is 14.3. The number of ether oxygens (including phenoxy) is 1. The highest BCUT2D eigenvalue weighted by atomic mass is 16.5. The fraction of sp³-hybridized carbons (Fsp3) is 0.400. The first-order valence-corrected chi connectivity index (χ1v) is 6.31. The number of carbonyl (C=O) groups is 3. The van der Waals surface area contributed by atoms with E-state index in [-0.39, 0.29) is 30.4 Å². The highest BCUT2D eigenvalue weighted by Crippen LogP contribution is 2.16. The van der Waals surface area contributed by atoms with Gasteiger partial charge >= 0.3 is 5.97 Å². The van der Waals surface area contributed by atoms with Gasteiger partial charge in [0.25, 0.3) is 0 Å². The Kier molecular flexibility index (Phi) is 5.93. The van der Waals surface area contributed by atoms with E-state index in [0.717, 1.165) is 0 Å². The zero-order valence-corrected chi connectivity index (χ0v) is 11.2. The Bertz CT molecular complexity index is 450. The standard InChI is InChI=1S/C15H18O4/c1-3-19-14(17)10-9-13(11(2)16)15(18)12-7-5-4-6-8-12/h4-8,13H,3,9-10H2,1-2H3. The lowest BCUT2D eigenvalue weighted by Crippen LogP contribution is -2.23. The van der Waals surface area contributed by atoms with E-state index in [9.17, 15) is 14.4 Å². The third kappa shape index (κ3) is 4.66. The van der Waals surface area contributed by atoms with Crippen molar-refractivity contribution in [2.45, 2.75) is 26.7 Å². The number of esters is 1. The molecular weight excluding hydrogens is 244 g/mol. The van der Waals surface area contributed by atoms with Crippen LogP contribution in [0.1, 0.15) is 37.0 Å². The van der Waals surface area contributed by atoms with Crippen LogP contribution in [-0.4, -0.2) is 24.1 Å². The first-order valence-electron chi connectivity index (χ1n) is 6.31. The van der Waals surface area contributed by atoms with E-state index in [2.05, 4.69) is 0 Å². The Morgan fingerprint density at radius 1 is 1.16 bits per heavy atom. The average molecular weight is 262 g/mol. The minimum atomic E-state index is -0.771. The van der Waals surface area contributed by atoms with Crippen LogP contribution in [0.15, 0.2) is 30.3 Å². The van der Waals surface area contributed by atoms with Crippen LogP contribution in [0.4, 0.5) is 0 Å². The molecule has 0 aromatic heterocycles. The van der Waals surface area contributed by atoms with Crippen molar-refractivity contribution in [1.29, 1.82) is 0 Å². The quantitative estimate of drug-likeness (QED) is 0.430. The van der Waals surface area contributed by atoms with Crippen molar-refractivity contribution in [3.8, 4) is 0 Å². The molecule has 0 saturated heterocycles. The van der Waals surface area contributed by atoms with Gasteiger partial charge in [-0.1, -0.05) is 30.3 Å². The Hall–Kier alpha value is -1.97. The van der Waals surface area contributed by atoms with Crippen molar-refractivity contribution in [3.05, 3.63) is 35.9 Å². The molecule has 0 fully saturated rings. The molecule has 1 aromatic carbocycles. The van der Waals surface area contributed by atoms with Gasteiger partial charge in [-0.15, -0.1) is 0 Å². The van der Waals surface area contributed by atoms with Gasteiger partial charge in [-0.3, -0.25) is 14.4 Å². The molecule has 1 unspecified atom stereocenters. The van der Waals surface area contributed by atoms with Crippen LogP contribution in [0.3, 0.4) is 0 Å². The maximum atomic E-state index is 12.2. The van der Waals surface area contributed by atoms with Gasteiger partial charge in [0.05, 0.1) is 12.5 Å². The molecule has 1 rings (SSSR count). The van der Waals surface area contributed by atoms with E-state index in [0.29, 0.717) is 12.2 Å². The third-order valence-corrected chi connectivity index (χ3v) is 2.81. The molecule has 1 atom stereocenters. The number of rotatable bonds is 7. The molecule has 0 aliphatic carbocycles. The molecule has 0 N–H and O–H groups in total. The maximum Gasteiger partial charge on any atom is 0.305 e. The largest absolute Gasteiger partial charge is 0.466 e. The molecule has 4 heteroatoms. The van der Waals surface area contributed by atoms with E-state index in [4.69, 9.17) is 4.74 Å². The van der Waals surface area contributed by atoms with Crippen LogP contribution in [0.2, 0.25) is 0 Å². The van der Waals surface area contributed by atoms with Crippen molar-refractivity contribution in [2.24, 2.45) is 5.92 Å². The normalized spacial score (nSPS) is 11.7. The molecule has 1 aromatic rings. The maximum absolute atomic E-state index is 12.2. The highest BCUT2D eigenvalue weighted by molar-refractivity contribution is 6.10. The summed E-state index contributed by atoms with van der Waals surface area (Å²) in [7, 11) is 0. The number of hydrogen-bond acceptors (Lipinski definition) is 4. The summed E-state index contributed by atoms with van der Waals surface area (Å²) in [6, 6.07) is 8.63. The fourth-order valence-corrected chi connectivity index (χ4v) is 1.82. The van der Waals surface area contributed by atoms with E-state index in [1.165, 1.54) is 6.92 Å². The Morgan fingerprint density at radius 3 is 2.32 bits per heavy atom. The highest BCUT2D eigenvalue weighted by Gasteiger charge is 2.25. The molecular formula is C15H18O4. The Balaban J connectivity index is 2.70. The smallest absolute Gasteiger partial charge is 0.305 e. The Labute approximate surface area is 112 Å². The van der Waals surface area contributed by atoms with Crippen molar-refractivity contribution in [3.63, 3.8) is 0 Å². The summed E-state index contributed by atoms with van der Waals surface area (Å²) in [5.41, 5.74) is 0.492. The predicted molar refractivity (Wildman–Crippen MR) is 70.8 cm³/mol. The monoisotopic (exact) mass is 262 g/mol. The van der Waals surface area contributed by atoms with Gasteiger partial charge in [0.2, 0.25) is 0 Å². The molecule has 0 saturated carbocycles. The van der Waals surface area contributed by atoms with E-state index < -0.39 is 5.92 Å². The Morgan fingerprint density at radius 2 is 1.79 bits per heavy atom. The van der Waals surface area contributed by atoms with Gasteiger partial charge in [-0.05, 0) is 20.3 Å². The van der Waals surface area contributed by atoms with E-state index in [1.807, 2.05) is 0 Å². The second-order valence-corrected chi connectivity index (χ2v) is 4.24. The summed E-state index contributed by atoms with van der Waals surface area (Å²) in [6.45, 7) is 3.39. The van der Waals surface area contributed by atoms with Crippen LogP contribution in [-0.2, 0) is 14.3 Å². The summed E-state index contributed by atoms with van der Waals surface area (Å²) in [5.74, 6) is -1.61. The molecule has 0 amide bonds. The van der Waals surface area contributed by atoms with Crippen LogP contribution in [0, 0.1) is 5.92 Å². The summed E-state index contributed by atoms with van der Waals surface area (Å²) < 4.78 is 4.80. The van der Waals surface area contributed by atoms with Crippen LogP contribution in [0.25, 0.3) is 0 Å². The number of hydrogen-bond donors (Lipinski definition) is 0. The van der Waals surface area contributed by atoms with Gasteiger partial charge in [0.15, 0.2) is 5.78 Å². The van der Waals surface area contributed by atoms with Gasteiger partial charge < -0.3 is 4.74 Å². The lowest BCUT2D eigenvalue weighted by Gasteiger charge is -2.12. The van der Waals surface area contributed by atoms with Gasteiger partial charge in [0.1, 0.15) is 5.78 Å². The van der Waals surface area contributed by atoms with Crippen LogP contribution >= 0.6 is 0 Å². The fourth-order valence-electron chi connectivity index (χ4n) is 1.82. The van der Waals surface area contributed by atoms with Crippen molar-refractivity contribution < 1.29 is 19.1 Å². The van der Waals surface area contributed by atoms with Gasteiger partial charge in [-0.2, -0.15) is 0 Å². The minimum absolute atomic E-state index is 0.0800. The minimum Gasteiger partial charge on any atom is -0.466 e. The topological polar surface area (TPSA) is 60.4 Å². The van der Waals surface area contributed by atoms with Crippen molar-refractivity contribution in [2.75, 3.05) is 6.61 Å². The second-order valence-electron chi connectivity index (χ2n) is 4.24. The first kappa shape index (κ1) is 15.1. The zero-order valence-electron chi connectivity index (χ0n) is 11.2. The number of carbonyl (C=O) groups excluding carboxylic acids is 3. The third-order valence-electron chi connectivity index (χ3n) is 2.81. The molecule has 19 heavy (non-hydrogen) atoms. The molecule has 0 radical (unpaired) electrons.